The highest BCUT2D eigenvalue weighted by Gasteiger charge is 2.19. The number of pyridine rings is 1. The largest absolute Gasteiger partial charge is 0.415 e. The molecule has 0 aliphatic carbocycles. The van der Waals surface area contributed by atoms with E-state index in [9.17, 15) is 9.18 Å². The Bertz CT molecular complexity index is 424. The lowest BCUT2D eigenvalue weighted by Crippen LogP contribution is -2.47. The summed E-state index contributed by atoms with van der Waals surface area (Å²) in [4.78, 5) is 16.8. The van der Waals surface area contributed by atoms with Crippen LogP contribution in [0.2, 0.25) is 5.15 Å². The van der Waals surface area contributed by atoms with Gasteiger partial charge in [-0.25, -0.2) is 14.2 Å². The maximum atomic E-state index is 12.9. The Morgan fingerprint density at radius 1 is 1.53 bits per heavy atom. The molecule has 0 aromatic carbocycles. The maximum Gasteiger partial charge on any atom is 0.415 e. The molecule has 1 aliphatic heterocycles. The smallest absolute Gasteiger partial charge is 0.407 e. The highest BCUT2D eigenvalue weighted by Crippen LogP contribution is 2.22. The van der Waals surface area contributed by atoms with Gasteiger partial charge in [0.25, 0.3) is 0 Å². The van der Waals surface area contributed by atoms with Crippen LogP contribution in [0.15, 0.2) is 12.3 Å². The Morgan fingerprint density at radius 2 is 2.24 bits per heavy atom. The van der Waals surface area contributed by atoms with Crippen LogP contribution in [0.1, 0.15) is 0 Å². The molecule has 1 aliphatic rings. The first-order valence-electron chi connectivity index (χ1n) is 5.15. The third kappa shape index (κ3) is 3.04. The average Bonchev–Trinajstić information content (AvgIpc) is 2.35. The second kappa shape index (κ2) is 5.29. The van der Waals surface area contributed by atoms with E-state index in [-0.39, 0.29) is 10.9 Å². The van der Waals surface area contributed by atoms with Gasteiger partial charge >= 0.3 is 6.09 Å². The Hall–Kier alpha value is -1.40. The van der Waals surface area contributed by atoms with Gasteiger partial charge in [-0.1, -0.05) is 11.6 Å². The zero-order valence-electron chi connectivity index (χ0n) is 8.95. The third-order valence-corrected chi connectivity index (χ3v) is 2.63. The van der Waals surface area contributed by atoms with E-state index in [0.717, 1.165) is 12.3 Å². The SMILES string of the molecule is O=C(Oc1cc(F)cnc1Cl)N1CCNCC1. The zero-order chi connectivity index (χ0) is 12.3. The summed E-state index contributed by atoms with van der Waals surface area (Å²) in [5, 5.41) is 3.07. The van der Waals surface area contributed by atoms with E-state index in [2.05, 4.69) is 10.3 Å². The molecule has 0 atom stereocenters. The van der Waals surface area contributed by atoms with Crippen LogP contribution >= 0.6 is 11.6 Å². The Kier molecular flexibility index (Phi) is 3.75. The number of rotatable bonds is 1. The van der Waals surface area contributed by atoms with Crippen LogP contribution in [0, 0.1) is 5.82 Å². The molecule has 0 bridgehead atoms. The Morgan fingerprint density at radius 3 is 2.94 bits per heavy atom. The number of ether oxygens (including phenoxy) is 1. The van der Waals surface area contributed by atoms with Gasteiger partial charge < -0.3 is 15.0 Å². The van der Waals surface area contributed by atoms with Crippen molar-refractivity contribution in [1.82, 2.24) is 15.2 Å². The topological polar surface area (TPSA) is 54.5 Å². The van der Waals surface area contributed by atoms with Crippen LogP contribution in [0.25, 0.3) is 0 Å². The molecule has 92 valence electrons. The summed E-state index contributed by atoms with van der Waals surface area (Å²) in [5.74, 6) is -0.660. The van der Waals surface area contributed by atoms with Gasteiger partial charge in [0.1, 0.15) is 5.82 Å². The number of nitrogens with zero attached hydrogens (tertiary/aromatic N) is 2. The molecule has 1 saturated heterocycles. The normalized spacial score (nSPS) is 15.8. The summed E-state index contributed by atoms with van der Waals surface area (Å²) in [6, 6.07) is 1.04. The molecule has 0 unspecified atom stereocenters. The van der Waals surface area contributed by atoms with E-state index < -0.39 is 11.9 Å². The maximum absolute atomic E-state index is 12.9. The number of hydrogen-bond acceptors (Lipinski definition) is 4. The molecule has 1 fully saturated rings. The van der Waals surface area contributed by atoms with Gasteiger partial charge in [0.15, 0.2) is 10.9 Å². The van der Waals surface area contributed by atoms with E-state index in [1.807, 2.05) is 0 Å². The number of piperazine rings is 1. The van der Waals surface area contributed by atoms with Crippen LogP contribution < -0.4 is 10.1 Å². The van der Waals surface area contributed by atoms with Crippen LogP contribution in [0.3, 0.4) is 0 Å². The molecule has 0 radical (unpaired) electrons. The van der Waals surface area contributed by atoms with E-state index in [4.69, 9.17) is 16.3 Å². The number of nitrogens with one attached hydrogen (secondary N) is 1. The van der Waals surface area contributed by atoms with Crippen LogP contribution in [-0.2, 0) is 0 Å². The first kappa shape index (κ1) is 12.1. The predicted octanol–water partition coefficient (Wildman–Crippen LogP) is 1.28. The predicted molar refractivity (Wildman–Crippen MR) is 59.7 cm³/mol. The van der Waals surface area contributed by atoms with Crippen molar-refractivity contribution in [3.8, 4) is 5.75 Å². The van der Waals surface area contributed by atoms with Crippen LogP contribution in [-0.4, -0.2) is 42.2 Å². The fraction of sp³-hybridized carbons (Fsp3) is 0.400. The number of halogens is 2. The first-order valence-corrected chi connectivity index (χ1v) is 5.53. The first-order chi connectivity index (χ1) is 8.16. The number of carbonyl (C=O) groups is 1. The van der Waals surface area contributed by atoms with Gasteiger partial charge in [-0.15, -0.1) is 0 Å². The lowest BCUT2D eigenvalue weighted by Gasteiger charge is -2.26. The fourth-order valence-electron chi connectivity index (χ4n) is 1.48. The van der Waals surface area contributed by atoms with Gasteiger partial charge in [0.05, 0.1) is 6.20 Å². The van der Waals surface area contributed by atoms with Crippen LogP contribution in [0.4, 0.5) is 9.18 Å². The molecule has 0 spiro atoms. The molecule has 1 N–H and O–H groups in total. The van der Waals surface area contributed by atoms with E-state index >= 15 is 0 Å². The monoisotopic (exact) mass is 259 g/mol. The number of amides is 1. The summed E-state index contributed by atoms with van der Waals surface area (Å²) in [6.45, 7) is 2.53. The molecular weight excluding hydrogens is 249 g/mol. The average molecular weight is 260 g/mol. The molecule has 17 heavy (non-hydrogen) atoms. The fourth-order valence-corrected chi connectivity index (χ4v) is 1.62. The van der Waals surface area contributed by atoms with E-state index in [1.165, 1.54) is 4.90 Å². The second-order valence-corrected chi connectivity index (χ2v) is 3.91. The summed E-state index contributed by atoms with van der Waals surface area (Å²) >= 11 is 5.69. The minimum absolute atomic E-state index is 0.0325. The number of hydrogen-bond donors (Lipinski definition) is 1. The highest BCUT2D eigenvalue weighted by molar-refractivity contribution is 6.30. The summed E-state index contributed by atoms with van der Waals surface area (Å²) < 4.78 is 17.9. The molecule has 1 aromatic rings. The third-order valence-electron chi connectivity index (χ3n) is 2.35. The van der Waals surface area contributed by atoms with Crippen molar-refractivity contribution >= 4 is 17.7 Å². The molecule has 2 heterocycles. The number of carbonyl (C=O) groups excluding carboxylic acids is 1. The van der Waals surface area contributed by atoms with Crippen molar-refractivity contribution < 1.29 is 13.9 Å². The van der Waals surface area contributed by atoms with Gasteiger partial charge in [-0.2, -0.15) is 0 Å². The molecule has 7 heteroatoms. The van der Waals surface area contributed by atoms with Crippen molar-refractivity contribution in [3.63, 3.8) is 0 Å². The lowest BCUT2D eigenvalue weighted by molar-refractivity contribution is 0.145. The van der Waals surface area contributed by atoms with Crippen molar-refractivity contribution in [2.45, 2.75) is 0 Å². The molecule has 1 amide bonds. The van der Waals surface area contributed by atoms with Gasteiger partial charge in [-0.05, 0) is 0 Å². The molecular formula is C10H11ClFN3O2. The summed E-state index contributed by atoms with van der Waals surface area (Å²) in [7, 11) is 0. The van der Waals surface area contributed by atoms with Crippen molar-refractivity contribution in [2.24, 2.45) is 0 Å². The van der Waals surface area contributed by atoms with Gasteiger partial charge in [-0.3, -0.25) is 0 Å². The second-order valence-electron chi connectivity index (χ2n) is 3.55. The molecule has 2 rings (SSSR count). The van der Waals surface area contributed by atoms with Crippen LogP contribution in [0.5, 0.6) is 5.75 Å². The quantitative estimate of drug-likeness (QED) is 0.772. The van der Waals surface area contributed by atoms with Crippen molar-refractivity contribution in [2.75, 3.05) is 26.2 Å². The van der Waals surface area contributed by atoms with E-state index in [0.29, 0.717) is 26.2 Å². The van der Waals surface area contributed by atoms with Gasteiger partial charge in [0, 0.05) is 32.2 Å². The molecule has 0 saturated carbocycles. The Balaban J connectivity index is 2.04. The summed E-state index contributed by atoms with van der Waals surface area (Å²) in [5.41, 5.74) is 0. The minimum atomic E-state index is -0.600. The van der Waals surface area contributed by atoms with E-state index in [1.54, 1.807) is 0 Å². The standard InChI is InChI=1S/C10H11ClFN3O2/c11-9-8(5-7(12)6-14-9)17-10(16)15-3-1-13-2-4-15/h5-6,13H,1-4H2. The Labute approximate surface area is 103 Å². The van der Waals surface area contributed by atoms with Gasteiger partial charge in [0.2, 0.25) is 0 Å². The summed E-state index contributed by atoms with van der Waals surface area (Å²) in [6.07, 6.45) is 0.422. The molecule has 1 aromatic heterocycles. The van der Waals surface area contributed by atoms with Crippen molar-refractivity contribution in [3.05, 3.63) is 23.2 Å². The minimum Gasteiger partial charge on any atom is -0.407 e. The zero-order valence-corrected chi connectivity index (χ0v) is 9.71. The molecule has 5 nitrogen and oxygen atoms in total. The number of aromatic nitrogens is 1. The lowest BCUT2D eigenvalue weighted by atomic mass is 10.4. The highest BCUT2D eigenvalue weighted by atomic mass is 35.5. The van der Waals surface area contributed by atoms with Crippen molar-refractivity contribution in [1.29, 1.82) is 0 Å².